The van der Waals surface area contributed by atoms with Crippen LogP contribution < -0.4 is 15.4 Å². The third-order valence-corrected chi connectivity index (χ3v) is 3.77. The highest BCUT2D eigenvalue weighted by atomic mass is 19.1. The standard InChI is InChI=1S/C17H27FN2O3/c1-12(13-6-7-14(18)15(10-13)23-4)20-16(22)19-9-5-8-17(2,3)11-21/h6-7,10,12,21H,5,8-9,11H2,1-4H3,(H2,19,20,22). The molecule has 1 rings (SSSR count). The molecule has 0 heterocycles. The van der Waals surface area contributed by atoms with Crippen molar-refractivity contribution in [2.75, 3.05) is 20.3 Å². The van der Waals surface area contributed by atoms with Gasteiger partial charge in [-0.1, -0.05) is 19.9 Å². The van der Waals surface area contributed by atoms with E-state index in [0.29, 0.717) is 6.54 Å². The van der Waals surface area contributed by atoms with Crippen LogP contribution in [-0.4, -0.2) is 31.4 Å². The van der Waals surface area contributed by atoms with E-state index in [4.69, 9.17) is 4.74 Å². The topological polar surface area (TPSA) is 70.6 Å². The number of rotatable bonds is 8. The van der Waals surface area contributed by atoms with Crippen LogP contribution in [0.4, 0.5) is 9.18 Å². The van der Waals surface area contributed by atoms with E-state index >= 15 is 0 Å². The summed E-state index contributed by atoms with van der Waals surface area (Å²) in [5, 5.41) is 14.8. The molecule has 6 heteroatoms. The second-order valence-corrected chi connectivity index (χ2v) is 6.44. The minimum absolute atomic E-state index is 0.128. The number of methoxy groups -OCH3 is 1. The highest BCUT2D eigenvalue weighted by Crippen LogP contribution is 2.22. The smallest absolute Gasteiger partial charge is 0.315 e. The number of ether oxygens (including phenoxy) is 1. The average molecular weight is 326 g/mol. The second-order valence-electron chi connectivity index (χ2n) is 6.44. The first-order chi connectivity index (χ1) is 10.8. The lowest BCUT2D eigenvalue weighted by atomic mass is 9.89. The molecule has 0 aromatic heterocycles. The molecule has 2 amide bonds. The van der Waals surface area contributed by atoms with Crippen LogP contribution in [-0.2, 0) is 0 Å². The molecule has 1 atom stereocenters. The predicted octanol–water partition coefficient (Wildman–Crippen LogP) is 2.99. The molecule has 0 fully saturated rings. The maximum Gasteiger partial charge on any atom is 0.315 e. The Morgan fingerprint density at radius 3 is 2.74 bits per heavy atom. The summed E-state index contributed by atoms with van der Waals surface area (Å²) in [4.78, 5) is 11.9. The number of urea groups is 1. The zero-order chi connectivity index (χ0) is 17.5. The van der Waals surface area contributed by atoms with E-state index in [2.05, 4.69) is 10.6 Å². The second kappa shape index (κ2) is 8.72. The summed E-state index contributed by atoms with van der Waals surface area (Å²) < 4.78 is 18.3. The van der Waals surface area contributed by atoms with Crippen molar-refractivity contribution >= 4 is 6.03 Å². The maximum atomic E-state index is 13.4. The van der Waals surface area contributed by atoms with Gasteiger partial charge in [0.1, 0.15) is 0 Å². The van der Waals surface area contributed by atoms with Crippen LogP contribution in [0, 0.1) is 11.2 Å². The van der Waals surface area contributed by atoms with Crippen LogP contribution in [0.25, 0.3) is 0 Å². The number of halogens is 1. The number of carbonyl (C=O) groups excluding carboxylic acids is 1. The molecule has 130 valence electrons. The molecule has 5 nitrogen and oxygen atoms in total. The monoisotopic (exact) mass is 326 g/mol. The lowest BCUT2D eigenvalue weighted by molar-refractivity contribution is 0.148. The van der Waals surface area contributed by atoms with Gasteiger partial charge in [-0.05, 0) is 42.9 Å². The van der Waals surface area contributed by atoms with Crippen molar-refractivity contribution in [1.29, 1.82) is 0 Å². The number of hydrogen-bond donors (Lipinski definition) is 3. The summed E-state index contributed by atoms with van der Waals surface area (Å²) in [7, 11) is 1.40. The molecule has 0 aliphatic carbocycles. The molecule has 23 heavy (non-hydrogen) atoms. The minimum atomic E-state index is -0.431. The fraction of sp³-hybridized carbons (Fsp3) is 0.588. The Hall–Kier alpha value is -1.82. The van der Waals surface area contributed by atoms with E-state index in [1.807, 2.05) is 20.8 Å². The Kier molecular flexibility index (Phi) is 7.29. The van der Waals surface area contributed by atoms with Crippen LogP contribution in [0.1, 0.15) is 45.2 Å². The Balaban J connectivity index is 2.42. The number of amides is 2. The molecule has 0 radical (unpaired) electrons. The SMILES string of the molecule is COc1cc(C(C)NC(=O)NCCCC(C)(C)CO)ccc1F. The lowest BCUT2D eigenvalue weighted by Crippen LogP contribution is -2.37. The highest BCUT2D eigenvalue weighted by molar-refractivity contribution is 5.74. The Morgan fingerprint density at radius 1 is 1.43 bits per heavy atom. The van der Waals surface area contributed by atoms with Gasteiger partial charge in [0.2, 0.25) is 0 Å². The Bertz CT molecular complexity index is 521. The summed E-state index contributed by atoms with van der Waals surface area (Å²) in [6, 6.07) is 3.97. The van der Waals surface area contributed by atoms with Gasteiger partial charge in [0, 0.05) is 13.2 Å². The van der Waals surface area contributed by atoms with Crippen molar-refractivity contribution in [2.45, 2.75) is 39.7 Å². The molecular formula is C17H27FN2O3. The van der Waals surface area contributed by atoms with Crippen molar-refractivity contribution in [3.8, 4) is 5.75 Å². The van der Waals surface area contributed by atoms with Gasteiger partial charge in [0.05, 0.1) is 13.2 Å². The number of carbonyl (C=O) groups is 1. The first kappa shape index (κ1) is 19.2. The molecular weight excluding hydrogens is 299 g/mol. The van der Waals surface area contributed by atoms with Crippen molar-refractivity contribution in [3.05, 3.63) is 29.6 Å². The van der Waals surface area contributed by atoms with Crippen molar-refractivity contribution in [1.82, 2.24) is 10.6 Å². The number of hydrogen-bond acceptors (Lipinski definition) is 3. The number of benzene rings is 1. The molecule has 3 N–H and O–H groups in total. The van der Waals surface area contributed by atoms with Crippen molar-refractivity contribution in [2.24, 2.45) is 5.41 Å². The molecule has 0 saturated heterocycles. The number of aliphatic hydroxyl groups excluding tert-OH is 1. The maximum absolute atomic E-state index is 13.4. The van der Waals surface area contributed by atoms with E-state index in [0.717, 1.165) is 18.4 Å². The largest absolute Gasteiger partial charge is 0.494 e. The molecule has 0 aliphatic heterocycles. The number of nitrogens with one attached hydrogen (secondary N) is 2. The third kappa shape index (κ3) is 6.44. The van der Waals surface area contributed by atoms with Crippen LogP contribution >= 0.6 is 0 Å². The quantitative estimate of drug-likeness (QED) is 0.643. The third-order valence-electron chi connectivity index (χ3n) is 3.77. The summed E-state index contributed by atoms with van der Waals surface area (Å²) in [6.07, 6.45) is 1.62. The van der Waals surface area contributed by atoms with E-state index in [1.165, 1.54) is 13.2 Å². The highest BCUT2D eigenvalue weighted by Gasteiger charge is 2.16. The summed E-state index contributed by atoms with van der Waals surface area (Å²) >= 11 is 0. The van der Waals surface area contributed by atoms with Crippen LogP contribution in [0.5, 0.6) is 5.75 Å². The average Bonchev–Trinajstić information content (AvgIpc) is 2.52. The molecule has 0 bridgehead atoms. The van der Waals surface area contributed by atoms with E-state index < -0.39 is 5.82 Å². The van der Waals surface area contributed by atoms with Gasteiger partial charge < -0.3 is 20.5 Å². The minimum Gasteiger partial charge on any atom is -0.494 e. The van der Waals surface area contributed by atoms with Gasteiger partial charge >= 0.3 is 6.03 Å². The molecule has 0 saturated carbocycles. The Labute approximate surface area is 137 Å². The summed E-state index contributed by atoms with van der Waals surface area (Å²) in [6.45, 7) is 6.45. The van der Waals surface area contributed by atoms with Gasteiger partial charge in [0.25, 0.3) is 0 Å². The van der Waals surface area contributed by atoms with Gasteiger partial charge in [-0.3, -0.25) is 0 Å². The van der Waals surface area contributed by atoms with Gasteiger partial charge in [-0.15, -0.1) is 0 Å². The van der Waals surface area contributed by atoms with Crippen LogP contribution in [0.2, 0.25) is 0 Å². The van der Waals surface area contributed by atoms with Crippen LogP contribution in [0.3, 0.4) is 0 Å². The normalized spacial score (nSPS) is 12.6. The predicted molar refractivity (Wildman–Crippen MR) is 88.0 cm³/mol. The molecule has 1 unspecified atom stereocenters. The van der Waals surface area contributed by atoms with E-state index in [-0.39, 0.29) is 29.8 Å². The Morgan fingerprint density at radius 2 is 2.13 bits per heavy atom. The zero-order valence-electron chi connectivity index (χ0n) is 14.3. The fourth-order valence-electron chi connectivity index (χ4n) is 2.12. The zero-order valence-corrected chi connectivity index (χ0v) is 14.3. The summed E-state index contributed by atoms with van der Waals surface area (Å²) in [5.41, 5.74) is 0.635. The summed E-state index contributed by atoms with van der Waals surface area (Å²) in [5.74, 6) is -0.276. The first-order valence-corrected chi connectivity index (χ1v) is 7.78. The van der Waals surface area contributed by atoms with E-state index in [1.54, 1.807) is 12.1 Å². The number of aliphatic hydroxyl groups is 1. The lowest BCUT2D eigenvalue weighted by Gasteiger charge is -2.21. The molecule has 0 aliphatic rings. The van der Waals surface area contributed by atoms with Crippen molar-refractivity contribution in [3.63, 3.8) is 0 Å². The van der Waals surface area contributed by atoms with Crippen molar-refractivity contribution < 1.29 is 19.0 Å². The van der Waals surface area contributed by atoms with Crippen LogP contribution in [0.15, 0.2) is 18.2 Å². The first-order valence-electron chi connectivity index (χ1n) is 7.78. The van der Waals surface area contributed by atoms with Gasteiger partial charge in [-0.25, -0.2) is 9.18 Å². The van der Waals surface area contributed by atoms with E-state index in [9.17, 15) is 14.3 Å². The van der Waals surface area contributed by atoms with Gasteiger partial charge in [-0.2, -0.15) is 0 Å². The fourth-order valence-corrected chi connectivity index (χ4v) is 2.12. The molecule has 0 spiro atoms. The molecule has 1 aromatic carbocycles. The molecule has 1 aromatic rings. The van der Waals surface area contributed by atoms with Gasteiger partial charge in [0.15, 0.2) is 11.6 Å².